The molecule has 0 saturated carbocycles. The molecule has 258 valence electrons. The average Bonchev–Trinajstić information content (AvgIpc) is 3.75. The lowest BCUT2D eigenvalue weighted by Gasteiger charge is -2.30. The van der Waals surface area contributed by atoms with Gasteiger partial charge in [-0.05, 0) is 60.0 Å². The van der Waals surface area contributed by atoms with Crippen molar-refractivity contribution in [3.8, 4) is 22.5 Å². The van der Waals surface area contributed by atoms with Crippen LogP contribution in [0.1, 0.15) is 75.6 Å². The summed E-state index contributed by atoms with van der Waals surface area (Å²) in [6, 6.07) is 17.5. The summed E-state index contributed by atoms with van der Waals surface area (Å²) < 4.78 is 7.98. The SMILES string of the molecule is CC(=O)N1CCn2c(C3CCOCC3)nc(-c3cccc4cc(-c5ccc(C(=O)NCC/C=C\c6cccc7c6CNC7=O)nc5)ncc34)c2C1. The van der Waals surface area contributed by atoms with E-state index in [1.54, 1.807) is 19.2 Å². The van der Waals surface area contributed by atoms with Crippen molar-refractivity contribution in [3.63, 3.8) is 0 Å². The Morgan fingerprint density at radius 1 is 1.02 bits per heavy atom. The zero-order valence-electron chi connectivity index (χ0n) is 28.5. The number of ether oxygens (including phenoxy) is 1. The van der Waals surface area contributed by atoms with Gasteiger partial charge < -0.3 is 24.8 Å². The highest BCUT2D eigenvalue weighted by molar-refractivity contribution is 5.99. The number of aromatic nitrogens is 4. The number of nitrogens with zero attached hydrogens (tertiary/aromatic N) is 5. The largest absolute Gasteiger partial charge is 0.381 e. The highest BCUT2D eigenvalue weighted by Gasteiger charge is 2.31. The standard InChI is InChI=1S/C40H39N7O4/c1-25(48)46-16-17-47-36(24-46)37(45-38(47)27-13-18-51-19-14-27)30-9-5-8-28-20-35(43-22-33(28)30)29-11-12-34(42-21-29)40(50)41-15-3-2-6-26-7-4-10-31-32(26)23-44-39(31)49/h2,4-12,20-22,27H,3,13-19,23-24H2,1H3,(H,41,50)(H,44,49)/b6-2-. The number of nitrogens with one attached hydrogen (secondary N) is 2. The molecule has 51 heavy (non-hydrogen) atoms. The third kappa shape index (κ3) is 6.41. The monoisotopic (exact) mass is 681 g/mol. The average molecular weight is 682 g/mol. The third-order valence-corrected chi connectivity index (χ3v) is 10.2. The van der Waals surface area contributed by atoms with E-state index < -0.39 is 0 Å². The van der Waals surface area contributed by atoms with Gasteiger partial charge in [-0.1, -0.05) is 42.5 Å². The Hall–Kier alpha value is -5.68. The van der Waals surface area contributed by atoms with E-state index in [4.69, 9.17) is 14.7 Å². The predicted octanol–water partition coefficient (Wildman–Crippen LogP) is 5.49. The molecule has 1 saturated heterocycles. The first-order chi connectivity index (χ1) is 24.9. The quantitative estimate of drug-likeness (QED) is 0.207. The fourth-order valence-corrected chi connectivity index (χ4v) is 7.37. The Morgan fingerprint density at radius 2 is 1.86 bits per heavy atom. The first-order valence-corrected chi connectivity index (χ1v) is 17.6. The molecular weight excluding hydrogens is 642 g/mol. The van der Waals surface area contributed by atoms with Crippen LogP contribution in [0.5, 0.6) is 0 Å². The van der Waals surface area contributed by atoms with Gasteiger partial charge in [-0.25, -0.2) is 4.98 Å². The maximum Gasteiger partial charge on any atom is 0.269 e. The van der Waals surface area contributed by atoms with Gasteiger partial charge in [-0.15, -0.1) is 0 Å². The van der Waals surface area contributed by atoms with E-state index in [1.807, 2.05) is 59.6 Å². The lowest BCUT2D eigenvalue weighted by atomic mass is 9.99. The first kappa shape index (κ1) is 32.5. The molecule has 0 unspecified atom stereocenters. The van der Waals surface area contributed by atoms with Crippen molar-refractivity contribution in [2.75, 3.05) is 26.3 Å². The molecule has 3 aliphatic rings. The van der Waals surface area contributed by atoms with Gasteiger partial charge in [-0.2, -0.15) is 0 Å². The number of benzene rings is 2. The van der Waals surface area contributed by atoms with Crippen molar-refractivity contribution in [2.45, 2.75) is 51.7 Å². The van der Waals surface area contributed by atoms with E-state index in [2.05, 4.69) is 32.3 Å². The first-order valence-electron chi connectivity index (χ1n) is 17.6. The lowest BCUT2D eigenvalue weighted by molar-refractivity contribution is -0.130. The Kier molecular flexibility index (Phi) is 8.87. The maximum absolute atomic E-state index is 12.8. The number of amides is 3. The third-order valence-electron chi connectivity index (χ3n) is 10.2. The van der Waals surface area contributed by atoms with Gasteiger partial charge in [0, 0.05) is 86.7 Å². The fourth-order valence-electron chi connectivity index (χ4n) is 7.37. The number of rotatable bonds is 8. The Labute approximate surface area is 295 Å². The van der Waals surface area contributed by atoms with Gasteiger partial charge in [0.1, 0.15) is 11.5 Å². The highest BCUT2D eigenvalue weighted by Crippen LogP contribution is 2.37. The summed E-state index contributed by atoms with van der Waals surface area (Å²) in [6.07, 6.45) is 10.1. The minimum atomic E-state index is -0.242. The smallest absolute Gasteiger partial charge is 0.269 e. The summed E-state index contributed by atoms with van der Waals surface area (Å²) in [5.74, 6) is 1.21. The van der Waals surface area contributed by atoms with Crippen molar-refractivity contribution in [3.05, 3.63) is 107 Å². The number of hydrogen-bond donors (Lipinski definition) is 2. The molecular formula is C40H39N7O4. The molecule has 11 nitrogen and oxygen atoms in total. The molecule has 2 aromatic carbocycles. The molecule has 2 N–H and O–H groups in total. The van der Waals surface area contributed by atoms with Crippen molar-refractivity contribution in [1.82, 2.24) is 35.1 Å². The van der Waals surface area contributed by atoms with E-state index in [9.17, 15) is 14.4 Å². The minimum Gasteiger partial charge on any atom is -0.381 e. The second-order valence-corrected chi connectivity index (χ2v) is 13.3. The number of fused-ring (bicyclic) bond motifs is 3. The fraction of sp³-hybridized carbons (Fsp3) is 0.300. The normalized spacial score (nSPS) is 15.9. The number of carbonyl (C=O) groups excluding carboxylic acids is 3. The summed E-state index contributed by atoms with van der Waals surface area (Å²) in [5.41, 5.74) is 7.61. The van der Waals surface area contributed by atoms with Gasteiger partial charge in [0.25, 0.3) is 11.8 Å². The van der Waals surface area contributed by atoms with Crippen LogP contribution >= 0.6 is 0 Å². The summed E-state index contributed by atoms with van der Waals surface area (Å²) in [7, 11) is 0. The summed E-state index contributed by atoms with van der Waals surface area (Å²) in [5, 5.41) is 7.79. The van der Waals surface area contributed by atoms with Crippen molar-refractivity contribution < 1.29 is 19.1 Å². The number of imidazole rings is 1. The lowest BCUT2D eigenvalue weighted by Crippen LogP contribution is -2.37. The summed E-state index contributed by atoms with van der Waals surface area (Å²) >= 11 is 0. The Morgan fingerprint density at radius 3 is 2.69 bits per heavy atom. The van der Waals surface area contributed by atoms with E-state index >= 15 is 0 Å². The van der Waals surface area contributed by atoms with Crippen LogP contribution in [0.25, 0.3) is 39.4 Å². The number of carbonyl (C=O) groups is 3. The van der Waals surface area contributed by atoms with Crippen LogP contribution in [0, 0.1) is 0 Å². The zero-order chi connectivity index (χ0) is 34.9. The van der Waals surface area contributed by atoms with Gasteiger partial charge in [0.2, 0.25) is 5.91 Å². The van der Waals surface area contributed by atoms with Gasteiger partial charge in [0.15, 0.2) is 0 Å². The predicted molar refractivity (Wildman–Crippen MR) is 194 cm³/mol. The molecule has 3 aliphatic heterocycles. The highest BCUT2D eigenvalue weighted by atomic mass is 16.5. The van der Waals surface area contributed by atoms with E-state index in [0.717, 1.165) is 94.1 Å². The molecule has 0 radical (unpaired) electrons. The van der Waals surface area contributed by atoms with E-state index in [0.29, 0.717) is 44.2 Å². The maximum atomic E-state index is 12.8. The topological polar surface area (TPSA) is 131 Å². The molecule has 8 rings (SSSR count). The number of pyridine rings is 2. The zero-order valence-corrected chi connectivity index (χ0v) is 28.5. The molecule has 0 bridgehead atoms. The summed E-state index contributed by atoms with van der Waals surface area (Å²) in [6.45, 7) is 6.04. The molecule has 5 aromatic rings. The Balaban J connectivity index is 0.974. The van der Waals surface area contributed by atoms with Crippen molar-refractivity contribution in [2.24, 2.45) is 0 Å². The number of hydrogen-bond acceptors (Lipinski definition) is 7. The minimum absolute atomic E-state index is 0.0380. The van der Waals surface area contributed by atoms with Crippen molar-refractivity contribution in [1.29, 1.82) is 0 Å². The van der Waals surface area contributed by atoms with E-state index in [-0.39, 0.29) is 17.7 Å². The van der Waals surface area contributed by atoms with Crippen LogP contribution in [0.3, 0.4) is 0 Å². The van der Waals surface area contributed by atoms with Crippen LogP contribution in [-0.2, 0) is 29.2 Å². The molecule has 3 amide bonds. The Bertz CT molecular complexity index is 2180. The van der Waals surface area contributed by atoms with Crippen molar-refractivity contribution >= 4 is 34.6 Å². The molecule has 1 fully saturated rings. The van der Waals surface area contributed by atoms with Gasteiger partial charge >= 0.3 is 0 Å². The van der Waals surface area contributed by atoms with Crippen LogP contribution in [0.15, 0.2) is 73.1 Å². The molecule has 11 heteroatoms. The molecule has 3 aromatic heterocycles. The molecule has 0 aliphatic carbocycles. The molecule has 0 atom stereocenters. The van der Waals surface area contributed by atoms with Crippen LogP contribution in [0.4, 0.5) is 0 Å². The summed E-state index contributed by atoms with van der Waals surface area (Å²) in [4.78, 5) is 53.6. The van der Waals surface area contributed by atoms with Crippen LogP contribution < -0.4 is 10.6 Å². The van der Waals surface area contributed by atoms with Gasteiger partial charge in [-0.3, -0.25) is 24.4 Å². The van der Waals surface area contributed by atoms with E-state index in [1.165, 1.54) is 0 Å². The van der Waals surface area contributed by atoms with Gasteiger partial charge in [0.05, 0.1) is 23.6 Å². The second kappa shape index (κ2) is 13.9. The molecule has 6 heterocycles. The second-order valence-electron chi connectivity index (χ2n) is 13.3. The molecule has 0 spiro atoms. The van der Waals surface area contributed by atoms with Crippen LogP contribution in [-0.4, -0.2) is 68.4 Å². The van der Waals surface area contributed by atoms with Crippen LogP contribution in [0.2, 0.25) is 0 Å².